The van der Waals surface area contributed by atoms with E-state index in [9.17, 15) is 9.59 Å². The fourth-order valence-electron chi connectivity index (χ4n) is 2.62. The standard InChI is InChI=1S/C21H20ClN5O2S/c1-2-12-23-20(29)24-18(28)14-30-21-26-25-19(16-8-10-17(22)11-9-16)27(21)13-15-6-4-3-5-7-15/h2-11H,1,12-14H2,(H2,23,24,28,29). The molecule has 1 heterocycles. The molecule has 0 aliphatic carbocycles. The van der Waals surface area contributed by atoms with Crippen LogP contribution in [0.2, 0.25) is 5.02 Å². The fraction of sp³-hybridized carbons (Fsp3) is 0.143. The van der Waals surface area contributed by atoms with Gasteiger partial charge in [0.1, 0.15) is 0 Å². The van der Waals surface area contributed by atoms with Gasteiger partial charge in [-0.15, -0.1) is 16.8 Å². The summed E-state index contributed by atoms with van der Waals surface area (Å²) in [6.07, 6.45) is 1.53. The number of nitrogens with one attached hydrogen (secondary N) is 2. The van der Waals surface area contributed by atoms with Crippen molar-refractivity contribution in [3.8, 4) is 11.4 Å². The zero-order valence-electron chi connectivity index (χ0n) is 16.0. The maximum absolute atomic E-state index is 12.1. The number of benzene rings is 2. The Morgan fingerprint density at radius 1 is 1.10 bits per heavy atom. The molecule has 3 aromatic rings. The van der Waals surface area contributed by atoms with Crippen molar-refractivity contribution in [3.63, 3.8) is 0 Å². The van der Waals surface area contributed by atoms with Crippen molar-refractivity contribution >= 4 is 35.3 Å². The number of halogens is 1. The van der Waals surface area contributed by atoms with Gasteiger partial charge in [0.2, 0.25) is 5.91 Å². The van der Waals surface area contributed by atoms with Crippen LogP contribution >= 0.6 is 23.4 Å². The first-order valence-corrected chi connectivity index (χ1v) is 10.5. The van der Waals surface area contributed by atoms with Crippen LogP contribution in [0.3, 0.4) is 0 Å². The maximum Gasteiger partial charge on any atom is 0.321 e. The number of aromatic nitrogens is 3. The first-order chi connectivity index (χ1) is 14.6. The molecule has 9 heteroatoms. The van der Waals surface area contributed by atoms with Gasteiger partial charge in [-0.2, -0.15) is 0 Å². The van der Waals surface area contributed by atoms with E-state index >= 15 is 0 Å². The number of hydrogen-bond acceptors (Lipinski definition) is 5. The summed E-state index contributed by atoms with van der Waals surface area (Å²) in [4.78, 5) is 23.7. The van der Waals surface area contributed by atoms with E-state index in [1.165, 1.54) is 17.8 Å². The first kappa shape index (κ1) is 21.6. The van der Waals surface area contributed by atoms with Gasteiger partial charge in [-0.25, -0.2) is 4.79 Å². The summed E-state index contributed by atoms with van der Waals surface area (Å²) in [5.41, 5.74) is 1.94. The topological polar surface area (TPSA) is 88.9 Å². The van der Waals surface area contributed by atoms with Crippen LogP contribution in [-0.2, 0) is 11.3 Å². The van der Waals surface area contributed by atoms with E-state index in [1.54, 1.807) is 12.1 Å². The van der Waals surface area contributed by atoms with E-state index in [1.807, 2.05) is 47.0 Å². The van der Waals surface area contributed by atoms with Gasteiger partial charge in [0, 0.05) is 17.1 Å². The van der Waals surface area contributed by atoms with Crippen LogP contribution in [-0.4, -0.2) is 39.0 Å². The Balaban J connectivity index is 1.78. The second-order valence-corrected chi connectivity index (χ2v) is 7.60. The zero-order valence-corrected chi connectivity index (χ0v) is 17.6. The molecular weight excluding hydrogens is 422 g/mol. The molecule has 2 aromatic carbocycles. The number of imide groups is 1. The number of rotatable bonds is 8. The van der Waals surface area contributed by atoms with Crippen LogP contribution in [0.15, 0.2) is 72.4 Å². The number of carbonyl (C=O) groups is 2. The summed E-state index contributed by atoms with van der Waals surface area (Å²) in [7, 11) is 0. The molecule has 30 heavy (non-hydrogen) atoms. The average molecular weight is 442 g/mol. The molecule has 0 aliphatic heterocycles. The summed E-state index contributed by atoms with van der Waals surface area (Å²) in [5, 5.41) is 14.5. The molecule has 0 unspecified atom stereocenters. The van der Waals surface area contributed by atoms with E-state index in [0.717, 1.165) is 11.1 Å². The maximum atomic E-state index is 12.1. The SMILES string of the molecule is C=CCNC(=O)NC(=O)CSc1nnc(-c2ccc(Cl)cc2)n1Cc1ccccc1. The number of hydrogen-bond donors (Lipinski definition) is 2. The number of amides is 3. The average Bonchev–Trinajstić information content (AvgIpc) is 3.14. The van der Waals surface area contributed by atoms with Gasteiger partial charge in [-0.3, -0.25) is 14.7 Å². The molecule has 0 radical (unpaired) electrons. The van der Waals surface area contributed by atoms with E-state index in [-0.39, 0.29) is 12.3 Å². The summed E-state index contributed by atoms with van der Waals surface area (Å²) in [6.45, 7) is 4.32. The molecule has 3 rings (SSSR count). The van der Waals surface area contributed by atoms with Crippen LogP contribution < -0.4 is 10.6 Å². The molecule has 0 saturated heterocycles. The minimum atomic E-state index is -0.562. The third kappa shape index (κ3) is 5.95. The van der Waals surface area contributed by atoms with Gasteiger partial charge >= 0.3 is 6.03 Å². The molecule has 7 nitrogen and oxygen atoms in total. The molecule has 1 aromatic heterocycles. The van der Waals surface area contributed by atoms with Crippen LogP contribution in [0.1, 0.15) is 5.56 Å². The van der Waals surface area contributed by atoms with E-state index in [4.69, 9.17) is 11.6 Å². The second kappa shape index (κ2) is 10.6. The Morgan fingerprint density at radius 2 is 1.83 bits per heavy atom. The highest BCUT2D eigenvalue weighted by atomic mass is 35.5. The van der Waals surface area contributed by atoms with Crippen molar-refractivity contribution in [1.82, 2.24) is 25.4 Å². The van der Waals surface area contributed by atoms with E-state index in [0.29, 0.717) is 22.5 Å². The van der Waals surface area contributed by atoms with Crippen LogP contribution in [0, 0.1) is 0 Å². The predicted octanol–water partition coefficient (Wildman–Crippen LogP) is 3.75. The summed E-state index contributed by atoms with van der Waals surface area (Å²) in [5.74, 6) is 0.265. The normalized spacial score (nSPS) is 10.4. The molecule has 0 aliphatic rings. The largest absolute Gasteiger partial charge is 0.334 e. The number of thioether (sulfide) groups is 1. The minimum Gasteiger partial charge on any atom is -0.334 e. The van der Waals surface area contributed by atoms with Gasteiger partial charge in [0.25, 0.3) is 0 Å². The second-order valence-electron chi connectivity index (χ2n) is 6.22. The van der Waals surface area contributed by atoms with Crippen LogP contribution in [0.25, 0.3) is 11.4 Å². The fourth-order valence-corrected chi connectivity index (χ4v) is 3.48. The van der Waals surface area contributed by atoms with Crippen molar-refractivity contribution in [2.24, 2.45) is 0 Å². The Hall–Kier alpha value is -3.10. The molecule has 2 N–H and O–H groups in total. The highest BCUT2D eigenvalue weighted by molar-refractivity contribution is 7.99. The lowest BCUT2D eigenvalue weighted by molar-refractivity contribution is -0.117. The van der Waals surface area contributed by atoms with Gasteiger partial charge in [-0.05, 0) is 29.8 Å². The van der Waals surface area contributed by atoms with Crippen molar-refractivity contribution in [2.45, 2.75) is 11.7 Å². The van der Waals surface area contributed by atoms with Gasteiger partial charge in [-0.1, -0.05) is 59.8 Å². The van der Waals surface area contributed by atoms with E-state index < -0.39 is 11.9 Å². The Bertz CT molecular complexity index is 1020. The van der Waals surface area contributed by atoms with Crippen molar-refractivity contribution in [2.75, 3.05) is 12.3 Å². The monoisotopic (exact) mass is 441 g/mol. The third-order valence-electron chi connectivity index (χ3n) is 4.00. The lowest BCUT2D eigenvalue weighted by Crippen LogP contribution is -2.40. The number of carbonyl (C=O) groups excluding carboxylic acids is 2. The molecule has 3 amide bonds. The zero-order chi connectivity index (χ0) is 21.3. The summed E-state index contributed by atoms with van der Waals surface area (Å²) in [6, 6.07) is 16.7. The number of nitrogens with zero attached hydrogens (tertiary/aromatic N) is 3. The van der Waals surface area contributed by atoms with Crippen molar-refractivity contribution in [1.29, 1.82) is 0 Å². The predicted molar refractivity (Wildman–Crippen MR) is 118 cm³/mol. The molecule has 0 fully saturated rings. The Morgan fingerprint density at radius 3 is 2.53 bits per heavy atom. The van der Waals surface area contributed by atoms with Gasteiger partial charge < -0.3 is 5.32 Å². The van der Waals surface area contributed by atoms with Crippen molar-refractivity contribution in [3.05, 3.63) is 77.8 Å². The molecule has 0 atom stereocenters. The quantitative estimate of drug-likeness (QED) is 0.410. The van der Waals surface area contributed by atoms with Crippen LogP contribution in [0.4, 0.5) is 4.79 Å². The smallest absolute Gasteiger partial charge is 0.321 e. The highest BCUT2D eigenvalue weighted by Crippen LogP contribution is 2.26. The van der Waals surface area contributed by atoms with Crippen molar-refractivity contribution < 1.29 is 9.59 Å². The lowest BCUT2D eigenvalue weighted by atomic mass is 10.2. The molecule has 0 saturated carbocycles. The summed E-state index contributed by atoms with van der Waals surface area (Å²) < 4.78 is 1.94. The minimum absolute atomic E-state index is 0.0229. The molecule has 154 valence electrons. The van der Waals surface area contributed by atoms with E-state index in [2.05, 4.69) is 27.4 Å². The Kier molecular flexibility index (Phi) is 7.64. The molecule has 0 bridgehead atoms. The summed E-state index contributed by atoms with van der Waals surface area (Å²) >= 11 is 7.21. The van der Waals surface area contributed by atoms with Gasteiger partial charge in [0.05, 0.1) is 12.3 Å². The first-order valence-electron chi connectivity index (χ1n) is 9.11. The Labute approximate surface area is 183 Å². The molecule has 0 spiro atoms. The van der Waals surface area contributed by atoms with Gasteiger partial charge in [0.15, 0.2) is 11.0 Å². The highest BCUT2D eigenvalue weighted by Gasteiger charge is 2.17. The lowest BCUT2D eigenvalue weighted by Gasteiger charge is -2.11. The van der Waals surface area contributed by atoms with Crippen LogP contribution in [0.5, 0.6) is 0 Å². The number of urea groups is 1. The third-order valence-corrected chi connectivity index (χ3v) is 5.21. The molecular formula is C21H20ClN5O2S.